The van der Waals surface area contributed by atoms with Crippen molar-refractivity contribution in [2.45, 2.75) is 18.9 Å². The van der Waals surface area contributed by atoms with Gasteiger partial charge in [0.05, 0.1) is 6.04 Å². The zero-order valence-corrected chi connectivity index (χ0v) is 9.10. The van der Waals surface area contributed by atoms with Crippen LogP contribution in [0.25, 0.3) is 0 Å². The highest BCUT2D eigenvalue weighted by Crippen LogP contribution is 2.28. The average molecular weight is 229 g/mol. The molecule has 1 aromatic rings. The molecule has 4 heteroatoms. The Kier molecular flexibility index (Phi) is 4.75. The van der Waals surface area contributed by atoms with Crippen LogP contribution in [0.15, 0.2) is 30.9 Å². The van der Waals surface area contributed by atoms with Crippen LogP contribution in [-0.4, -0.2) is 0 Å². The van der Waals surface area contributed by atoms with Gasteiger partial charge in [-0.2, -0.15) is 0 Å². The topological polar surface area (TPSA) is 38.0 Å². The Labute approximate surface area is 93.9 Å². The van der Waals surface area contributed by atoms with Gasteiger partial charge in [0.15, 0.2) is 0 Å². The lowest BCUT2D eigenvalue weighted by Crippen LogP contribution is -2.28. The van der Waals surface area contributed by atoms with E-state index in [1.54, 1.807) is 18.2 Å². The summed E-state index contributed by atoms with van der Waals surface area (Å²) in [6.45, 7) is 3.61. The molecule has 1 unspecified atom stereocenters. The second kappa shape index (κ2) is 5.85. The van der Waals surface area contributed by atoms with Gasteiger partial charge in [0.25, 0.3) is 0 Å². The Balaban J connectivity index is 2.95. The van der Waals surface area contributed by atoms with Gasteiger partial charge in [0, 0.05) is 10.6 Å². The molecule has 0 heterocycles. The zero-order chi connectivity index (χ0) is 11.3. The molecular formula is C11H14ClFN2. The molecule has 0 aromatic heterocycles. The Hall–Kier alpha value is -0.900. The van der Waals surface area contributed by atoms with Crippen molar-refractivity contribution in [2.24, 2.45) is 5.84 Å². The largest absolute Gasteiger partial charge is 0.271 e. The van der Waals surface area contributed by atoms with Crippen LogP contribution in [0.5, 0.6) is 0 Å². The summed E-state index contributed by atoms with van der Waals surface area (Å²) in [5.74, 6) is 5.04. The van der Waals surface area contributed by atoms with Crippen molar-refractivity contribution >= 4 is 11.6 Å². The van der Waals surface area contributed by atoms with Crippen molar-refractivity contribution in [3.63, 3.8) is 0 Å². The number of hydrazine groups is 1. The van der Waals surface area contributed by atoms with Crippen molar-refractivity contribution < 1.29 is 4.39 Å². The number of rotatable bonds is 5. The number of nitrogens with two attached hydrogens (primary N) is 1. The molecule has 0 fully saturated rings. The summed E-state index contributed by atoms with van der Waals surface area (Å²) in [5, 5.41) is 0.391. The molecule has 0 amide bonds. The van der Waals surface area contributed by atoms with E-state index in [9.17, 15) is 4.39 Å². The van der Waals surface area contributed by atoms with E-state index in [0.29, 0.717) is 17.0 Å². The standard InChI is InChI=1S/C11H14ClFN2/c1-2-3-7-10(15-14)11-8(12)5-4-6-9(11)13/h2,4-6,10,15H,1,3,7,14H2. The molecule has 82 valence electrons. The first-order chi connectivity index (χ1) is 7.20. The molecule has 0 saturated carbocycles. The number of nitrogens with one attached hydrogen (secondary N) is 1. The Morgan fingerprint density at radius 2 is 2.33 bits per heavy atom. The number of hydrogen-bond acceptors (Lipinski definition) is 2. The quantitative estimate of drug-likeness (QED) is 0.462. The Morgan fingerprint density at radius 1 is 1.60 bits per heavy atom. The van der Waals surface area contributed by atoms with Crippen molar-refractivity contribution in [1.82, 2.24) is 5.43 Å². The lowest BCUT2D eigenvalue weighted by molar-refractivity contribution is 0.489. The van der Waals surface area contributed by atoms with E-state index in [4.69, 9.17) is 17.4 Å². The molecule has 0 radical (unpaired) electrons. The van der Waals surface area contributed by atoms with Crippen molar-refractivity contribution in [2.75, 3.05) is 0 Å². The molecule has 2 nitrogen and oxygen atoms in total. The van der Waals surface area contributed by atoms with Gasteiger partial charge in [-0.3, -0.25) is 11.3 Å². The van der Waals surface area contributed by atoms with Crippen LogP contribution in [0, 0.1) is 5.82 Å². The summed E-state index contributed by atoms with van der Waals surface area (Å²) in [7, 11) is 0. The first-order valence-corrected chi connectivity index (χ1v) is 5.09. The van der Waals surface area contributed by atoms with Gasteiger partial charge in [-0.05, 0) is 25.0 Å². The van der Waals surface area contributed by atoms with Gasteiger partial charge < -0.3 is 0 Å². The minimum atomic E-state index is -0.338. The normalized spacial score (nSPS) is 12.5. The number of benzene rings is 1. The van der Waals surface area contributed by atoms with E-state index < -0.39 is 0 Å². The zero-order valence-electron chi connectivity index (χ0n) is 8.34. The molecule has 1 aromatic carbocycles. The molecule has 1 atom stereocenters. The average Bonchev–Trinajstić information content (AvgIpc) is 2.22. The second-order valence-electron chi connectivity index (χ2n) is 3.22. The van der Waals surface area contributed by atoms with Crippen molar-refractivity contribution in [3.05, 3.63) is 47.3 Å². The number of hydrogen-bond donors (Lipinski definition) is 2. The summed E-state index contributed by atoms with van der Waals surface area (Å²) in [4.78, 5) is 0. The van der Waals surface area contributed by atoms with Gasteiger partial charge in [-0.25, -0.2) is 4.39 Å². The maximum atomic E-state index is 13.5. The predicted molar refractivity (Wildman–Crippen MR) is 60.9 cm³/mol. The molecule has 0 bridgehead atoms. The van der Waals surface area contributed by atoms with Gasteiger partial charge in [-0.1, -0.05) is 23.7 Å². The summed E-state index contributed by atoms with van der Waals surface area (Å²) < 4.78 is 13.5. The fourth-order valence-electron chi connectivity index (χ4n) is 1.44. The highest BCUT2D eigenvalue weighted by molar-refractivity contribution is 6.31. The van der Waals surface area contributed by atoms with Gasteiger partial charge in [-0.15, -0.1) is 6.58 Å². The minimum absolute atomic E-state index is 0.281. The lowest BCUT2D eigenvalue weighted by Gasteiger charge is -2.17. The van der Waals surface area contributed by atoms with E-state index in [1.807, 2.05) is 0 Å². The smallest absolute Gasteiger partial charge is 0.129 e. The van der Waals surface area contributed by atoms with Crippen molar-refractivity contribution in [3.8, 4) is 0 Å². The summed E-state index contributed by atoms with van der Waals surface area (Å²) in [6, 6.07) is 4.32. The van der Waals surface area contributed by atoms with E-state index in [1.165, 1.54) is 6.07 Å². The van der Waals surface area contributed by atoms with Gasteiger partial charge in [0.1, 0.15) is 5.82 Å². The molecule has 15 heavy (non-hydrogen) atoms. The molecule has 0 aliphatic rings. The predicted octanol–water partition coefficient (Wildman–Crippen LogP) is 2.95. The molecule has 0 spiro atoms. The lowest BCUT2D eigenvalue weighted by atomic mass is 10.0. The molecular weight excluding hydrogens is 215 g/mol. The van der Waals surface area contributed by atoms with E-state index in [2.05, 4.69) is 12.0 Å². The van der Waals surface area contributed by atoms with Crippen LogP contribution in [0.4, 0.5) is 4.39 Å². The van der Waals surface area contributed by atoms with E-state index >= 15 is 0 Å². The van der Waals surface area contributed by atoms with E-state index in [0.717, 1.165) is 6.42 Å². The first-order valence-electron chi connectivity index (χ1n) is 4.71. The Morgan fingerprint density at radius 3 is 2.87 bits per heavy atom. The monoisotopic (exact) mass is 228 g/mol. The van der Waals surface area contributed by atoms with Crippen molar-refractivity contribution in [1.29, 1.82) is 0 Å². The first kappa shape index (κ1) is 12.2. The van der Waals surface area contributed by atoms with Crippen LogP contribution in [-0.2, 0) is 0 Å². The minimum Gasteiger partial charge on any atom is -0.271 e. The summed E-state index contributed by atoms with van der Waals surface area (Å²) >= 11 is 5.92. The second-order valence-corrected chi connectivity index (χ2v) is 3.63. The Bertz CT molecular complexity index is 321. The maximum Gasteiger partial charge on any atom is 0.129 e. The molecule has 0 saturated heterocycles. The van der Waals surface area contributed by atoms with Gasteiger partial charge in [0.2, 0.25) is 0 Å². The van der Waals surface area contributed by atoms with Crippen LogP contribution < -0.4 is 11.3 Å². The maximum absolute atomic E-state index is 13.5. The SMILES string of the molecule is C=CCCC(NN)c1c(F)cccc1Cl. The fraction of sp³-hybridized carbons (Fsp3) is 0.273. The molecule has 0 aliphatic carbocycles. The van der Waals surface area contributed by atoms with Gasteiger partial charge >= 0.3 is 0 Å². The number of halogens is 2. The van der Waals surface area contributed by atoms with Crippen LogP contribution >= 0.6 is 11.6 Å². The fourth-order valence-corrected chi connectivity index (χ4v) is 1.73. The summed E-state index contributed by atoms with van der Waals surface area (Å²) in [5.41, 5.74) is 2.98. The summed E-state index contributed by atoms with van der Waals surface area (Å²) in [6.07, 6.45) is 3.18. The van der Waals surface area contributed by atoms with Crippen LogP contribution in [0.3, 0.4) is 0 Å². The molecule has 0 aliphatic heterocycles. The third kappa shape index (κ3) is 3.02. The third-order valence-electron chi connectivity index (χ3n) is 2.21. The van der Waals surface area contributed by atoms with Crippen LogP contribution in [0.2, 0.25) is 5.02 Å². The number of allylic oxidation sites excluding steroid dienone is 1. The third-order valence-corrected chi connectivity index (χ3v) is 2.54. The van der Waals surface area contributed by atoms with E-state index in [-0.39, 0.29) is 11.9 Å². The highest BCUT2D eigenvalue weighted by atomic mass is 35.5. The molecule has 3 N–H and O–H groups in total. The highest BCUT2D eigenvalue weighted by Gasteiger charge is 2.16. The molecule has 1 rings (SSSR count). The van der Waals surface area contributed by atoms with Crippen LogP contribution in [0.1, 0.15) is 24.4 Å².